The van der Waals surface area contributed by atoms with Crippen LogP contribution in [0.5, 0.6) is 0 Å². The van der Waals surface area contributed by atoms with Crippen LogP contribution in [0.2, 0.25) is 5.02 Å². The second-order valence-electron chi connectivity index (χ2n) is 3.81. The highest BCUT2D eigenvalue weighted by Gasteiger charge is 2.11. The highest BCUT2D eigenvalue weighted by molar-refractivity contribution is 9.09. The molecule has 1 heterocycles. The molecule has 1 unspecified atom stereocenters. The zero-order valence-corrected chi connectivity index (χ0v) is 12.1. The average molecular weight is 316 g/mol. The minimum absolute atomic E-state index is 0.372. The molecule has 0 aliphatic rings. The minimum atomic E-state index is 0.372. The summed E-state index contributed by atoms with van der Waals surface area (Å²) >= 11 is 11.5. The Kier molecular flexibility index (Phi) is 4.06. The fraction of sp³-hybridized carbons (Fsp3) is 0.231. The van der Waals surface area contributed by atoms with Gasteiger partial charge in [0.2, 0.25) is 0 Å². The Hall–Kier alpha value is -0.310. The number of halogens is 2. The molecule has 1 aromatic carbocycles. The van der Waals surface area contributed by atoms with Crippen LogP contribution in [0.1, 0.15) is 21.5 Å². The second kappa shape index (κ2) is 5.35. The van der Waals surface area contributed by atoms with Crippen molar-refractivity contribution in [3.05, 3.63) is 56.7 Å². The molecule has 1 aromatic heterocycles. The van der Waals surface area contributed by atoms with Crippen LogP contribution in [0.4, 0.5) is 0 Å². The Morgan fingerprint density at radius 2 is 2.19 bits per heavy atom. The van der Waals surface area contributed by atoms with E-state index in [1.165, 1.54) is 16.7 Å². The Bertz CT molecular complexity index is 478. The first-order valence-electron chi connectivity index (χ1n) is 5.08. The monoisotopic (exact) mass is 314 g/mol. The maximum atomic E-state index is 5.97. The fourth-order valence-corrected chi connectivity index (χ4v) is 3.83. The van der Waals surface area contributed by atoms with Gasteiger partial charge >= 0.3 is 0 Å². The van der Waals surface area contributed by atoms with Gasteiger partial charge in [0.1, 0.15) is 0 Å². The van der Waals surface area contributed by atoms with E-state index in [9.17, 15) is 0 Å². The Labute approximate surface area is 113 Å². The number of thiophene rings is 1. The van der Waals surface area contributed by atoms with E-state index in [-0.39, 0.29) is 0 Å². The molecule has 1 atom stereocenters. The summed E-state index contributed by atoms with van der Waals surface area (Å²) in [5, 5.41) is 5.19. The first-order valence-corrected chi connectivity index (χ1v) is 7.31. The second-order valence-corrected chi connectivity index (χ2v) is 6.10. The number of hydrogen-bond acceptors (Lipinski definition) is 1. The quantitative estimate of drug-likeness (QED) is 0.666. The summed E-state index contributed by atoms with van der Waals surface area (Å²) in [6.45, 7) is 2.15. The molecule has 0 nitrogen and oxygen atoms in total. The van der Waals surface area contributed by atoms with E-state index in [4.69, 9.17) is 11.6 Å². The van der Waals surface area contributed by atoms with Crippen molar-refractivity contribution in [1.82, 2.24) is 0 Å². The number of benzene rings is 1. The molecule has 0 amide bonds. The summed E-state index contributed by atoms with van der Waals surface area (Å²) in [7, 11) is 0. The summed E-state index contributed by atoms with van der Waals surface area (Å²) in [6, 6.07) is 8.04. The van der Waals surface area contributed by atoms with Gasteiger partial charge in [-0.15, -0.1) is 0 Å². The van der Waals surface area contributed by atoms with Gasteiger partial charge in [0.15, 0.2) is 0 Å². The topological polar surface area (TPSA) is 0 Å². The van der Waals surface area contributed by atoms with Gasteiger partial charge in [-0.05, 0) is 52.9 Å². The van der Waals surface area contributed by atoms with E-state index in [0.717, 1.165) is 11.4 Å². The lowest BCUT2D eigenvalue weighted by Gasteiger charge is -2.10. The van der Waals surface area contributed by atoms with Crippen molar-refractivity contribution in [2.75, 3.05) is 0 Å². The van der Waals surface area contributed by atoms with E-state index < -0.39 is 0 Å². The lowest BCUT2D eigenvalue weighted by atomic mass is 10.0. The molecule has 0 saturated carbocycles. The van der Waals surface area contributed by atoms with E-state index >= 15 is 0 Å². The molecule has 16 heavy (non-hydrogen) atoms. The molecular weight excluding hydrogens is 304 g/mol. The van der Waals surface area contributed by atoms with Gasteiger partial charge in [-0.25, -0.2) is 0 Å². The Balaban J connectivity index is 2.14. The molecule has 3 heteroatoms. The van der Waals surface area contributed by atoms with Gasteiger partial charge in [-0.1, -0.05) is 39.7 Å². The third kappa shape index (κ3) is 2.88. The van der Waals surface area contributed by atoms with Crippen LogP contribution in [0, 0.1) is 6.92 Å². The van der Waals surface area contributed by atoms with Crippen LogP contribution in [-0.2, 0) is 6.42 Å². The molecule has 84 valence electrons. The maximum absolute atomic E-state index is 5.97. The minimum Gasteiger partial charge on any atom is -0.152 e. The molecule has 0 spiro atoms. The molecule has 0 bridgehead atoms. The maximum Gasteiger partial charge on any atom is 0.0446 e. The van der Waals surface area contributed by atoms with Crippen LogP contribution in [-0.4, -0.2) is 0 Å². The predicted molar refractivity (Wildman–Crippen MR) is 75.9 cm³/mol. The first kappa shape index (κ1) is 12.2. The summed E-state index contributed by atoms with van der Waals surface area (Å²) < 4.78 is 0. The van der Waals surface area contributed by atoms with E-state index in [0.29, 0.717) is 4.83 Å². The normalized spacial score (nSPS) is 12.7. The summed E-state index contributed by atoms with van der Waals surface area (Å²) in [5.41, 5.74) is 4.00. The van der Waals surface area contributed by atoms with Gasteiger partial charge in [0.05, 0.1) is 0 Å². The number of alkyl halides is 1. The van der Waals surface area contributed by atoms with Crippen molar-refractivity contribution in [3.8, 4) is 0 Å². The standard InChI is InChI=1S/C13H12BrClS/c1-9-7-16-8-12(9)13(14)6-10-3-2-4-11(15)5-10/h2-5,7-8,13H,6H2,1H3. The van der Waals surface area contributed by atoms with Gasteiger partial charge in [-0.2, -0.15) is 11.3 Å². The highest BCUT2D eigenvalue weighted by atomic mass is 79.9. The smallest absolute Gasteiger partial charge is 0.0446 e. The van der Waals surface area contributed by atoms with E-state index in [1.807, 2.05) is 18.2 Å². The van der Waals surface area contributed by atoms with Crippen molar-refractivity contribution in [3.63, 3.8) is 0 Å². The summed E-state index contributed by atoms with van der Waals surface area (Å²) in [5.74, 6) is 0. The SMILES string of the molecule is Cc1cscc1C(Br)Cc1cccc(Cl)c1. The van der Waals surface area contributed by atoms with Crippen LogP contribution in [0.25, 0.3) is 0 Å². The lowest BCUT2D eigenvalue weighted by molar-refractivity contribution is 0.945. The molecule has 2 aromatic rings. The fourth-order valence-electron chi connectivity index (χ4n) is 1.67. The Morgan fingerprint density at radius 1 is 1.38 bits per heavy atom. The van der Waals surface area contributed by atoms with Crippen molar-refractivity contribution < 1.29 is 0 Å². The van der Waals surface area contributed by atoms with E-state index in [2.05, 4.69) is 39.7 Å². The molecule has 0 saturated heterocycles. The third-order valence-corrected chi connectivity index (χ3v) is 4.47. The van der Waals surface area contributed by atoms with Gasteiger partial charge in [-0.3, -0.25) is 0 Å². The molecule has 0 N–H and O–H groups in total. The number of hydrogen-bond donors (Lipinski definition) is 0. The lowest BCUT2D eigenvalue weighted by Crippen LogP contribution is -1.95. The molecule has 2 rings (SSSR count). The summed E-state index contributed by atoms with van der Waals surface area (Å²) in [6.07, 6.45) is 0.970. The average Bonchev–Trinajstić information content (AvgIpc) is 2.64. The van der Waals surface area contributed by atoms with Crippen molar-refractivity contribution >= 4 is 38.9 Å². The van der Waals surface area contributed by atoms with Gasteiger partial charge in [0.25, 0.3) is 0 Å². The van der Waals surface area contributed by atoms with Crippen LogP contribution >= 0.6 is 38.9 Å². The van der Waals surface area contributed by atoms with Crippen molar-refractivity contribution in [2.45, 2.75) is 18.2 Å². The number of aryl methyl sites for hydroxylation is 1. The van der Waals surface area contributed by atoms with Crippen molar-refractivity contribution in [1.29, 1.82) is 0 Å². The zero-order valence-electron chi connectivity index (χ0n) is 8.91. The molecule has 0 aliphatic heterocycles. The van der Waals surface area contributed by atoms with Crippen molar-refractivity contribution in [2.24, 2.45) is 0 Å². The molecule has 0 radical (unpaired) electrons. The van der Waals surface area contributed by atoms with Gasteiger partial charge in [0, 0.05) is 9.85 Å². The molecular formula is C13H12BrClS. The van der Waals surface area contributed by atoms with E-state index in [1.54, 1.807) is 11.3 Å². The van der Waals surface area contributed by atoms with Gasteiger partial charge < -0.3 is 0 Å². The summed E-state index contributed by atoms with van der Waals surface area (Å²) in [4.78, 5) is 0.372. The van der Waals surface area contributed by atoms with Crippen LogP contribution in [0.15, 0.2) is 35.0 Å². The highest BCUT2D eigenvalue weighted by Crippen LogP contribution is 2.32. The zero-order chi connectivity index (χ0) is 11.5. The van der Waals surface area contributed by atoms with Crippen LogP contribution in [0.3, 0.4) is 0 Å². The first-order chi connectivity index (χ1) is 7.66. The molecule has 0 aliphatic carbocycles. The third-order valence-electron chi connectivity index (χ3n) is 2.54. The molecule has 0 fully saturated rings. The Morgan fingerprint density at radius 3 is 2.81 bits per heavy atom. The largest absolute Gasteiger partial charge is 0.152 e. The number of rotatable bonds is 3. The predicted octanol–water partition coefficient (Wildman–Crippen LogP) is 5.39. The van der Waals surface area contributed by atoms with Crippen LogP contribution < -0.4 is 0 Å².